The average Bonchev–Trinajstić information content (AvgIpc) is 3.61. The molecule has 0 aliphatic carbocycles. The first-order valence-corrected chi connectivity index (χ1v) is 10.3. The monoisotopic (exact) mass is 458 g/mol. The van der Waals surface area contributed by atoms with Crippen molar-refractivity contribution < 1.29 is 27.7 Å². The summed E-state index contributed by atoms with van der Waals surface area (Å²) in [4.78, 5) is 34.4. The van der Waals surface area contributed by atoms with Gasteiger partial charge in [0, 0.05) is 6.07 Å². The van der Waals surface area contributed by atoms with Crippen LogP contribution in [0.1, 0.15) is 23.0 Å². The summed E-state index contributed by atoms with van der Waals surface area (Å²) in [6.07, 6.45) is 2.02. The summed E-state index contributed by atoms with van der Waals surface area (Å²) in [5.74, 6) is 0.599. The third-order valence-electron chi connectivity index (χ3n) is 4.94. The van der Waals surface area contributed by atoms with Gasteiger partial charge in [-0.25, -0.2) is 14.8 Å². The number of carbonyl (C=O) groups excluding carboxylic acids is 2. The van der Waals surface area contributed by atoms with Gasteiger partial charge in [-0.05, 0) is 56.3 Å². The number of benzene rings is 1. The summed E-state index contributed by atoms with van der Waals surface area (Å²) < 4.78 is 21.3. The highest BCUT2D eigenvalue weighted by Crippen LogP contribution is 2.31. The number of carbonyl (C=O) groups is 2. The highest BCUT2D eigenvalue weighted by molar-refractivity contribution is 5.98. The Balaban J connectivity index is 1.41. The third-order valence-corrected chi connectivity index (χ3v) is 4.94. The van der Waals surface area contributed by atoms with Crippen molar-refractivity contribution in [2.45, 2.75) is 20.0 Å². The predicted molar refractivity (Wildman–Crippen MR) is 120 cm³/mol. The van der Waals surface area contributed by atoms with Crippen LogP contribution in [0.5, 0.6) is 0 Å². The minimum absolute atomic E-state index is 0.217. The maximum absolute atomic E-state index is 12.7. The Morgan fingerprint density at radius 2 is 1.62 bits per heavy atom. The first kappa shape index (κ1) is 21.1. The van der Waals surface area contributed by atoms with E-state index in [1.165, 1.54) is 13.2 Å². The molecule has 0 saturated heterocycles. The number of furan rings is 2. The number of rotatable bonds is 6. The molecule has 5 aromatic rings. The molecule has 0 spiro atoms. The number of ether oxygens (including phenoxy) is 1. The highest BCUT2D eigenvalue weighted by Gasteiger charge is 2.22. The third kappa shape index (κ3) is 4.16. The van der Waals surface area contributed by atoms with Crippen LogP contribution in [-0.4, -0.2) is 33.1 Å². The number of nitrogens with one attached hydrogen (secondary N) is 1. The van der Waals surface area contributed by atoms with E-state index in [0.29, 0.717) is 39.7 Å². The standard InChI is InChI=1S/C24H18N4O6/c1-13-11-20(28-34-13)27-23(29)14(2)33-24(30)15-7-8-16-17(12-15)26-22(19-6-4-10-32-19)21(25-16)18-5-3-9-31-18/h3-12,14H,1-2H3,(H,27,28,29). The lowest BCUT2D eigenvalue weighted by molar-refractivity contribution is -0.123. The van der Waals surface area contributed by atoms with Crippen molar-refractivity contribution in [2.24, 2.45) is 0 Å². The van der Waals surface area contributed by atoms with Crippen LogP contribution in [0.25, 0.3) is 33.9 Å². The molecule has 5 rings (SSSR count). The number of hydrogen-bond donors (Lipinski definition) is 1. The Hall–Kier alpha value is -4.73. The molecular formula is C24H18N4O6. The SMILES string of the molecule is Cc1cc(NC(=O)C(C)OC(=O)c2ccc3nc(-c4ccco4)c(-c4ccco4)nc3c2)no1. The number of esters is 1. The first-order chi connectivity index (χ1) is 16.5. The van der Waals surface area contributed by atoms with Gasteiger partial charge in [0.05, 0.1) is 29.1 Å². The molecule has 0 aliphatic heterocycles. The second kappa shape index (κ2) is 8.66. The van der Waals surface area contributed by atoms with Gasteiger partial charge in [0.1, 0.15) is 17.1 Å². The van der Waals surface area contributed by atoms with Crippen molar-refractivity contribution in [3.63, 3.8) is 0 Å². The molecule has 1 N–H and O–H groups in total. The van der Waals surface area contributed by atoms with Crippen molar-refractivity contribution in [1.29, 1.82) is 0 Å². The van der Waals surface area contributed by atoms with Crippen molar-refractivity contribution in [2.75, 3.05) is 5.32 Å². The van der Waals surface area contributed by atoms with Crippen LogP contribution in [-0.2, 0) is 9.53 Å². The molecule has 10 heteroatoms. The second-order valence-corrected chi connectivity index (χ2v) is 7.44. The van der Waals surface area contributed by atoms with Crippen molar-refractivity contribution in [3.8, 4) is 22.9 Å². The quantitative estimate of drug-likeness (QED) is 0.361. The van der Waals surface area contributed by atoms with E-state index in [-0.39, 0.29) is 11.4 Å². The first-order valence-electron chi connectivity index (χ1n) is 10.3. The summed E-state index contributed by atoms with van der Waals surface area (Å²) >= 11 is 0. The van der Waals surface area contributed by atoms with Gasteiger partial charge in [0.15, 0.2) is 23.4 Å². The van der Waals surface area contributed by atoms with E-state index in [0.717, 1.165) is 0 Å². The topological polar surface area (TPSA) is 133 Å². The minimum atomic E-state index is -1.06. The molecule has 1 amide bonds. The maximum atomic E-state index is 12.7. The normalized spacial score (nSPS) is 11.9. The molecule has 34 heavy (non-hydrogen) atoms. The van der Waals surface area contributed by atoms with E-state index in [1.54, 1.807) is 61.7 Å². The summed E-state index contributed by atoms with van der Waals surface area (Å²) in [6.45, 7) is 3.16. The average molecular weight is 458 g/mol. The zero-order valence-electron chi connectivity index (χ0n) is 18.1. The van der Waals surface area contributed by atoms with Gasteiger partial charge in [-0.1, -0.05) is 5.16 Å². The fourth-order valence-corrected chi connectivity index (χ4v) is 3.29. The Kier molecular flexibility index (Phi) is 5.38. The van der Waals surface area contributed by atoms with Gasteiger partial charge in [0.2, 0.25) is 0 Å². The molecule has 1 aromatic carbocycles. The Morgan fingerprint density at radius 1 is 0.941 bits per heavy atom. The van der Waals surface area contributed by atoms with Gasteiger partial charge >= 0.3 is 5.97 Å². The molecule has 4 aromatic heterocycles. The molecule has 10 nitrogen and oxygen atoms in total. The zero-order chi connectivity index (χ0) is 23.7. The maximum Gasteiger partial charge on any atom is 0.338 e. The largest absolute Gasteiger partial charge is 0.463 e. The molecule has 0 radical (unpaired) electrons. The smallest absolute Gasteiger partial charge is 0.338 e. The van der Waals surface area contributed by atoms with Gasteiger partial charge < -0.3 is 23.4 Å². The van der Waals surface area contributed by atoms with Crippen LogP contribution >= 0.6 is 0 Å². The molecule has 0 aliphatic rings. The molecular weight excluding hydrogens is 440 g/mol. The number of aromatic nitrogens is 3. The highest BCUT2D eigenvalue weighted by atomic mass is 16.5. The fraction of sp³-hybridized carbons (Fsp3) is 0.125. The Morgan fingerprint density at radius 3 is 2.21 bits per heavy atom. The lowest BCUT2D eigenvalue weighted by Crippen LogP contribution is -2.30. The molecule has 0 saturated carbocycles. The minimum Gasteiger partial charge on any atom is -0.463 e. The number of anilines is 1. The van der Waals surface area contributed by atoms with Crippen LogP contribution in [0, 0.1) is 6.92 Å². The van der Waals surface area contributed by atoms with Crippen molar-refractivity contribution >= 4 is 28.7 Å². The molecule has 170 valence electrons. The second-order valence-electron chi connectivity index (χ2n) is 7.44. The van der Waals surface area contributed by atoms with Gasteiger partial charge in [0.25, 0.3) is 5.91 Å². The predicted octanol–water partition coefficient (Wildman–Crippen LogP) is 4.63. The molecule has 0 bridgehead atoms. The summed E-state index contributed by atoms with van der Waals surface area (Å²) in [5, 5.41) is 6.22. The molecule has 1 atom stereocenters. The summed E-state index contributed by atoms with van der Waals surface area (Å²) in [6, 6.07) is 13.4. The molecule has 0 fully saturated rings. The van der Waals surface area contributed by atoms with Crippen LogP contribution in [0.15, 0.2) is 74.4 Å². The lowest BCUT2D eigenvalue weighted by Gasteiger charge is -2.13. The molecule has 4 heterocycles. The Bertz CT molecular complexity index is 1470. The van der Waals surface area contributed by atoms with Crippen molar-refractivity contribution in [1.82, 2.24) is 15.1 Å². The van der Waals surface area contributed by atoms with Crippen LogP contribution in [0.4, 0.5) is 5.82 Å². The Labute approximate surface area is 192 Å². The number of hydrogen-bond acceptors (Lipinski definition) is 9. The summed E-state index contributed by atoms with van der Waals surface area (Å²) in [5.41, 5.74) is 2.19. The number of aryl methyl sites for hydroxylation is 1. The van der Waals surface area contributed by atoms with Gasteiger partial charge in [-0.3, -0.25) is 4.79 Å². The fourth-order valence-electron chi connectivity index (χ4n) is 3.29. The van der Waals surface area contributed by atoms with Crippen LogP contribution in [0.3, 0.4) is 0 Å². The van der Waals surface area contributed by atoms with Gasteiger partial charge in [-0.2, -0.15) is 0 Å². The van der Waals surface area contributed by atoms with Crippen LogP contribution in [0.2, 0.25) is 0 Å². The van der Waals surface area contributed by atoms with E-state index in [4.69, 9.17) is 18.1 Å². The van der Waals surface area contributed by atoms with E-state index in [9.17, 15) is 9.59 Å². The summed E-state index contributed by atoms with van der Waals surface area (Å²) in [7, 11) is 0. The van der Waals surface area contributed by atoms with E-state index >= 15 is 0 Å². The van der Waals surface area contributed by atoms with Gasteiger partial charge in [-0.15, -0.1) is 0 Å². The zero-order valence-corrected chi connectivity index (χ0v) is 18.1. The lowest BCUT2D eigenvalue weighted by atomic mass is 10.1. The number of nitrogens with zero attached hydrogens (tertiary/aromatic N) is 3. The van der Waals surface area contributed by atoms with E-state index in [2.05, 4.69) is 20.4 Å². The van der Waals surface area contributed by atoms with Crippen molar-refractivity contribution in [3.05, 3.63) is 72.4 Å². The number of amides is 1. The number of fused-ring (bicyclic) bond motifs is 1. The van der Waals surface area contributed by atoms with E-state index < -0.39 is 18.0 Å². The van der Waals surface area contributed by atoms with Crippen LogP contribution < -0.4 is 5.32 Å². The molecule has 1 unspecified atom stereocenters. The van der Waals surface area contributed by atoms with E-state index in [1.807, 2.05) is 0 Å².